The fourth-order valence-electron chi connectivity index (χ4n) is 2.83. The molecule has 1 fully saturated rings. The lowest BCUT2D eigenvalue weighted by Crippen LogP contribution is -2.28. The van der Waals surface area contributed by atoms with Crippen molar-refractivity contribution in [3.8, 4) is 0 Å². The lowest BCUT2D eigenvalue weighted by Gasteiger charge is -2.15. The highest BCUT2D eigenvalue weighted by molar-refractivity contribution is 5.93. The van der Waals surface area contributed by atoms with E-state index in [1.165, 1.54) is 0 Å². The normalized spacial score (nSPS) is 16.4. The van der Waals surface area contributed by atoms with E-state index in [9.17, 15) is 9.18 Å². The van der Waals surface area contributed by atoms with Gasteiger partial charge < -0.3 is 10.0 Å². The van der Waals surface area contributed by atoms with Gasteiger partial charge >= 0.3 is 0 Å². The number of carbonyl (C=O) groups is 2. The van der Waals surface area contributed by atoms with Crippen molar-refractivity contribution >= 4 is 12.4 Å². The molecule has 0 spiro atoms. The van der Waals surface area contributed by atoms with E-state index in [0.29, 0.717) is 17.0 Å². The molecular formula is C17H20FN3O3. The zero-order chi connectivity index (χ0) is 17.5. The van der Waals surface area contributed by atoms with Crippen LogP contribution in [-0.2, 0) is 11.2 Å². The highest BCUT2D eigenvalue weighted by atomic mass is 19.1. The summed E-state index contributed by atoms with van der Waals surface area (Å²) in [5.74, 6) is 0.251. The maximum absolute atomic E-state index is 13.6. The van der Waals surface area contributed by atoms with Crippen LogP contribution in [0.15, 0.2) is 30.6 Å². The molecule has 2 N–H and O–H groups in total. The topological polar surface area (TPSA) is 86.3 Å². The summed E-state index contributed by atoms with van der Waals surface area (Å²) >= 11 is 0. The molecular weight excluding hydrogens is 313 g/mol. The van der Waals surface area contributed by atoms with Crippen molar-refractivity contribution in [2.75, 3.05) is 13.1 Å². The Balaban J connectivity index is 0.000000647. The highest BCUT2D eigenvalue weighted by Gasteiger charge is 2.27. The minimum atomic E-state index is -0.250. The van der Waals surface area contributed by atoms with Gasteiger partial charge in [-0.15, -0.1) is 0 Å². The molecule has 2 aromatic rings. The number of hydrogen-bond acceptors (Lipinski definition) is 3. The van der Waals surface area contributed by atoms with Crippen molar-refractivity contribution in [1.82, 2.24) is 15.1 Å². The Kier molecular flexibility index (Phi) is 6.06. The third-order valence-electron chi connectivity index (χ3n) is 4.08. The molecule has 1 saturated heterocycles. The summed E-state index contributed by atoms with van der Waals surface area (Å²) in [6.45, 7) is 2.99. The minimum absolute atomic E-state index is 0.0151. The predicted molar refractivity (Wildman–Crippen MR) is 86.1 cm³/mol. The number of nitrogens with one attached hydrogen (secondary N) is 1. The van der Waals surface area contributed by atoms with Crippen molar-refractivity contribution in [2.45, 2.75) is 19.8 Å². The van der Waals surface area contributed by atoms with Crippen molar-refractivity contribution in [3.63, 3.8) is 0 Å². The van der Waals surface area contributed by atoms with Crippen LogP contribution < -0.4 is 0 Å². The van der Waals surface area contributed by atoms with Crippen molar-refractivity contribution in [2.24, 2.45) is 5.92 Å². The van der Waals surface area contributed by atoms with E-state index < -0.39 is 0 Å². The van der Waals surface area contributed by atoms with Gasteiger partial charge in [0.15, 0.2) is 0 Å². The van der Waals surface area contributed by atoms with Crippen LogP contribution in [-0.4, -0.2) is 45.7 Å². The van der Waals surface area contributed by atoms with E-state index >= 15 is 0 Å². The van der Waals surface area contributed by atoms with E-state index in [0.717, 1.165) is 31.5 Å². The van der Waals surface area contributed by atoms with Crippen molar-refractivity contribution in [3.05, 3.63) is 53.1 Å². The molecule has 1 atom stereocenters. The SMILES string of the molecule is Cc1ccc(CC2CCN(C(=O)c3cn[nH]c3)C2)cc1F.O=CO. The Labute approximate surface area is 139 Å². The molecule has 0 radical (unpaired) electrons. The zero-order valence-corrected chi connectivity index (χ0v) is 13.4. The molecule has 24 heavy (non-hydrogen) atoms. The van der Waals surface area contributed by atoms with Crippen molar-refractivity contribution < 1.29 is 19.1 Å². The summed E-state index contributed by atoms with van der Waals surface area (Å²) < 4.78 is 13.6. The van der Waals surface area contributed by atoms with Gasteiger partial charge in [-0.2, -0.15) is 5.10 Å². The first-order chi connectivity index (χ1) is 11.5. The third kappa shape index (κ3) is 4.41. The second kappa shape index (κ2) is 8.24. The Bertz CT molecular complexity index is 688. The van der Waals surface area contributed by atoms with Crippen LogP contribution in [0.1, 0.15) is 27.9 Å². The summed E-state index contributed by atoms with van der Waals surface area (Å²) in [6, 6.07) is 5.39. The van der Waals surface area contributed by atoms with Gasteiger partial charge in [-0.05, 0) is 42.9 Å². The molecule has 0 aliphatic carbocycles. The fraction of sp³-hybridized carbons (Fsp3) is 0.353. The summed E-state index contributed by atoms with van der Waals surface area (Å²) in [5, 5.41) is 13.4. The molecule has 1 aliphatic rings. The first-order valence-corrected chi connectivity index (χ1v) is 7.66. The van der Waals surface area contributed by atoms with E-state index in [4.69, 9.17) is 9.90 Å². The molecule has 1 unspecified atom stereocenters. The van der Waals surface area contributed by atoms with Gasteiger partial charge in [0.05, 0.1) is 11.8 Å². The number of H-pyrrole nitrogens is 1. The number of hydrogen-bond donors (Lipinski definition) is 2. The molecule has 3 rings (SSSR count). The largest absolute Gasteiger partial charge is 0.483 e. The molecule has 0 saturated carbocycles. The molecule has 1 aromatic carbocycles. The maximum atomic E-state index is 13.6. The van der Waals surface area contributed by atoms with Crippen LogP contribution >= 0.6 is 0 Å². The van der Waals surface area contributed by atoms with Gasteiger partial charge in [0.1, 0.15) is 5.82 Å². The number of aryl methyl sites for hydroxylation is 1. The molecule has 6 nitrogen and oxygen atoms in total. The van der Waals surface area contributed by atoms with E-state index in [1.807, 2.05) is 17.0 Å². The van der Waals surface area contributed by atoms with Gasteiger partial charge in [0, 0.05) is 19.3 Å². The van der Waals surface area contributed by atoms with E-state index in [2.05, 4.69) is 10.2 Å². The number of nitrogens with zero attached hydrogens (tertiary/aromatic N) is 2. The summed E-state index contributed by atoms with van der Waals surface area (Å²) in [7, 11) is 0. The van der Waals surface area contributed by atoms with Gasteiger partial charge in [-0.25, -0.2) is 4.39 Å². The van der Waals surface area contributed by atoms with Crippen LogP contribution in [0.5, 0.6) is 0 Å². The number of carboxylic acid groups (broad SMARTS) is 1. The molecule has 0 bridgehead atoms. The number of rotatable bonds is 3. The number of aromatic amines is 1. The Morgan fingerprint density at radius 1 is 1.54 bits per heavy atom. The maximum Gasteiger partial charge on any atom is 0.290 e. The second-order valence-electron chi connectivity index (χ2n) is 5.79. The van der Waals surface area contributed by atoms with Crippen LogP contribution in [0.25, 0.3) is 0 Å². The number of amides is 1. The lowest BCUT2D eigenvalue weighted by atomic mass is 9.98. The monoisotopic (exact) mass is 333 g/mol. The number of likely N-dealkylation sites (tertiary alicyclic amines) is 1. The predicted octanol–water partition coefficient (Wildman–Crippen LogP) is 2.26. The smallest absolute Gasteiger partial charge is 0.290 e. The molecule has 128 valence electrons. The number of halogens is 1. The van der Waals surface area contributed by atoms with E-state index in [-0.39, 0.29) is 18.2 Å². The van der Waals surface area contributed by atoms with Crippen molar-refractivity contribution in [1.29, 1.82) is 0 Å². The number of carbonyl (C=O) groups excluding carboxylic acids is 1. The summed E-state index contributed by atoms with van der Waals surface area (Å²) in [4.78, 5) is 22.4. The molecule has 1 aromatic heterocycles. The molecule has 1 aliphatic heterocycles. The quantitative estimate of drug-likeness (QED) is 0.844. The minimum Gasteiger partial charge on any atom is -0.483 e. The molecule has 2 heterocycles. The first kappa shape index (κ1) is 17.7. The second-order valence-corrected chi connectivity index (χ2v) is 5.79. The molecule has 1 amide bonds. The van der Waals surface area contributed by atoms with Crippen LogP contribution in [0.3, 0.4) is 0 Å². The summed E-state index contributed by atoms with van der Waals surface area (Å²) in [6.07, 6.45) is 4.93. The van der Waals surface area contributed by atoms with Crippen LogP contribution in [0.4, 0.5) is 4.39 Å². The van der Waals surface area contributed by atoms with Gasteiger partial charge in [0.2, 0.25) is 0 Å². The van der Waals surface area contributed by atoms with Gasteiger partial charge in [-0.1, -0.05) is 12.1 Å². The summed E-state index contributed by atoms with van der Waals surface area (Å²) in [5.41, 5.74) is 2.26. The highest BCUT2D eigenvalue weighted by Crippen LogP contribution is 2.23. The van der Waals surface area contributed by atoms with E-state index in [1.54, 1.807) is 25.4 Å². The van der Waals surface area contributed by atoms with Crippen LogP contribution in [0, 0.1) is 18.7 Å². The Morgan fingerprint density at radius 2 is 2.29 bits per heavy atom. The van der Waals surface area contributed by atoms with Gasteiger partial charge in [0.25, 0.3) is 12.4 Å². The average molecular weight is 333 g/mol. The standard InChI is InChI=1S/C16H18FN3O.CH2O2/c1-11-2-3-12(7-15(11)17)6-13-4-5-20(10-13)16(21)14-8-18-19-9-14;2-1-3/h2-3,7-9,13H,4-6,10H2,1H3,(H,18,19);1H,(H,2,3). The first-order valence-electron chi connectivity index (χ1n) is 7.66. The molecule has 7 heteroatoms. The fourth-order valence-corrected chi connectivity index (χ4v) is 2.83. The third-order valence-corrected chi connectivity index (χ3v) is 4.08. The number of benzene rings is 1. The lowest BCUT2D eigenvalue weighted by molar-refractivity contribution is -0.122. The number of aromatic nitrogens is 2. The Hall–Kier alpha value is -2.70. The Morgan fingerprint density at radius 3 is 2.92 bits per heavy atom. The zero-order valence-electron chi connectivity index (χ0n) is 13.4. The average Bonchev–Trinajstić information content (AvgIpc) is 3.23. The van der Waals surface area contributed by atoms with Gasteiger partial charge in [-0.3, -0.25) is 14.7 Å². The van der Waals surface area contributed by atoms with Crippen LogP contribution in [0.2, 0.25) is 0 Å².